The highest BCUT2D eigenvalue weighted by molar-refractivity contribution is 7.18. The Bertz CT molecular complexity index is 1210. The van der Waals surface area contributed by atoms with Crippen molar-refractivity contribution < 1.29 is 19.1 Å². The number of carbonyl (C=O) groups excluding carboxylic acids is 3. The molecule has 1 saturated carbocycles. The minimum absolute atomic E-state index is 0.0296. The number of carbonyl (C=O) groups is 3. The van der Waals surface area contributed by atoms with Crippen LogP contribution in [0.15, 0.2) is 41.2 Å². The van der Waals surface area contributed by atoms with E-state index in [9.17, 15) is 14.4 Å². The molecule has 0 radical (unpaired) electrons. The van der Waals surface area contributed by atoms with E-state index < -0.39 is 5.97 Å². The van der Waals surface area contributed by atoms with Crippen molar-refractivity contribution in [3.8, 4) is 10.4 Å². The summed E-state index contributed by atoms with van der Waals surface area (Å²) in [6, 6.07) is 9.19. The number of aromatic nitrogens is 1. The van der Waals surface area contributed by atoms with E-state index in [1.54, 1.807) is 15.8 Å². The van der Waals surface area contributed by atoms with Crippen LogP contribution in [0, 0.1) is 11.8 Å². The molecule has 1 fully saturated rings. The number of amides is 2. The van der Waals surface area contributed by atoms with Gasteiger partial charge in [-0.25, -0.2) is 9.78 Å². The summed E-state index contributed by atoms with van der Waals surface area (Å²) < 4.78 is 5.07. The third-order valence-electron chi connectivity index (χ3n) is 6.55. The molecule has 0 unspecified atom stereocenters. The number of thiophene rings is 1. The molecule has 2 amide bonds. The number of ether oxygens (including phenoxy) is 1. The van der Waals surface area contributed by atoms with Gasteiger partial charge in [0.2, 0.25) is 5.91 Å². The molecule has 1 aromatic carbocycles. The van der Waals surface area contributed by atoms with Gasteiger partial charge in [0, 0.05) is 27.9 Å². The van der Waals surface area contributed by atoms with E-state index in [-0.39, 0.29) is 23.8 Å². The number of anilines is 2. The molecule has 0 saturated heterocycles. The predicted octanol–water partition coefficient (Wildman–Crippen LogP) is 6.48. The largest absolute Gasteiger partial charge is 0.465 e. The van der Waals surface area contributed by atoms with Crippen LogP contribution >= 0.6 is 22.7 Å². The van der Waals surface area contributed by atoms with E-state index in [4.69, 9.17) is 4.74 Å². The van der Waals surface area contributed by atoms with Crippen LogP contribution in [-0.4, -0.2) is 35.9 Å². The summed E-state index contributed by atoms with van der Waals surface area (Å²) in [6.07, 6.45) is 3.85. The lowest BCUT2D eigenvalue weighted by atomic mass is 9.82. The second-order valence-corrected chi connectivity index (χ2v) is 11.3. The summed E-state index contributed by atoms with van der Waals surface area (Å²) in [7, 11) is 1.36. The zero-order valence-corrected chi connectivity index (χ0v) is 22.6. The Morgan fingerprint density at radius 1 is 1.11 bits per heavy atom. The number of nitrogens with one attached hydrogen (secondary N) is 1. The van der Waals surface area contributed by atoms with Crippen LogP contribution in [-0.2, 0) is 9.53 Å². The van der Waals surface area contributed by atoms with Gasteiger partial charge in [0.15, 0.2) is 0 Å². The second-order valence-electron chi connectivity index (χ2n) is 9.48. The highest BCUT2D eigenvalue weighted by Crippen LogP contribution is 2.40. The summed E-state index contributed by atoms with van der Waals surface area (Å²) >= 11 is 2.67. The molecule has 2 heterocycles. The van der Waals surface area contributed by atoms with E-state index in [0.717, 1.165) is 36.1 Å². The molecule has 190 valence electrons. The van der Waals surface area contributed by atoms with Crippen LogP contribution in [0.2, 0.25) is 0 Å². The Kier molecular flexibility index (Phi) is 8.21. The van der Waals surface area contributed by atoms with Crippen LogP contribution in [0.5, 0.6) is 0 Å². The first-order valence-corrected chi connectivity index (χ1v) is 13.9. The summed E-state index contributed by atoms with van der Waals surface area (Å²) in [5, 5.41) is 4.53. The molecule has 36 heavy (non-hydrogen) atoms. The van der Waals surface area contributed by atoms with Crippen molar-refractivity contribution in [3.05, 3.63) is 51.8 Å². The molecule has 2 aromatic heterocycles. The molecular formula is C27H31N3O4S2. The van der Waals surface area contributed by atoms with Crippen molar-refractivity contribution in [2.24, 2.45) is 11.8 Å². The first-order valence-electron chi connectivity index (χ1n) is 12.1. The fourth-order valence-electron chi connectivity index (χ4n) is 4.53. The van der Waals surface area contributed by atoms with Crippen LogP contribution < -0.4 is 10.2 Å². The van der Waals surface area contributed by atoms with Gasteiger partial charge in [0.25, 0.3) is 5.91 Å². The van der Waals surface area contributed by atoms with Crippen molar-refractivity contribution in [2.75, 3.05) is 17.3 Å². The van der Waals surface area contributed by atoms with Gasteiger partial charge in [-0.1, -0.05) is 19.1 Å². The molecular weight excluding hydrogens is 494 g/mol. The summed E-state index contributed by atoms with van der Waals surface area (Å²) in [6.45, 7) is 6.18. The van der Waals surface area contributed by atoms with Crippen molar-refractivity contribution in [1.29, 1.82) is 0 Å². The Morgan fingerprint density at radius 2 is 1.81 bits per heavy atom. The smallest absolute Gasteiger partial charge is 0.350 e. The van der Waals surface area contributed by atoms with Crippen LogP contribution in [0.3, 0.4) is 0 Å². The quantitative estimate of drug-likeness (QED) is 0.357. The summed E-state index contributed by atoms with van der Waals surface area (Å²) in [5.41, 5.74) is 4.12. The molecule has 0 aliphatic heterocycles. The lowest BCUT2D eigenvalue weighted by Gasteiger charge is -2.33. The molecule has 9 heteroatoms. The van der Waals surface area contributed by atoms with E-state index in [0.29, 0.717) is 27.9 Å². The van der Waals surface area contributed by atoms with E-state index in [2.05, 4.69) is 17.2 Å². The number of methoxy groups -OCH3 is 1. The van der Waals surface area contributed by atoms with Crippen molar-refractivity contribution in [3.63, 3.8) is 0 Å². The summed E-state index contributed by atoms with van der Waals surface area (Å²) in [5.74, 6) is -0.0264. The highest BCUT2D eigenvalue weighted by atomic mass is 32.1. The van der Waals surface area contributed by atoms with Gasteiger partial charge in [0.05, 0.1) is 18.3 Å². The van der Waals surface area contributed by atoms with Crippen molar-refractivity contribution in [1.82, 2.24) is 4.98 Å². The Balaban J connectivity index is 1.61. The van der Waals surface area contributed by atoms with E-state index >= 15 is 0 Å². The maximum Gasteiger partial charge on any atom is 0.350 e. The van der Waals surface area contributed by atoms with E-state index in [1.807, 2.05) is 44.2 Å². The van der Waals surface area contributed by atoms with Gasteiger partial charge >= 0.3 is 5.97 Å². The Hall–Kier alpha value is -3.04. The summed E-state index contributed by atoms with van der Waals surface area (Å²) in [4.78, 5) is 45.7. The normalized spacial score (nSPS) is 17.6. The molecule has 4 rings (SSSR count). The average Bonchev–Trinajstić information content (AvgIpc) is 3.55. The van der Waals surface area contributed by atoms with Gasteiger partial charge < -0.3 is 15.0 Å². The molecule has 1 aliphatic rings. The van der Waals surface area contributed by atoms with Gasteiger partial charge in [-0.05, 0) is 69.2 Å². The molecule has 7 nitrogen and oxygen atoms in total. The molecule has 0 spiro atoms. The van der Waals surface area contributed by atoms with Gasteiger partial charge in [-0.3, -0.25) is 9.59 Å². The zero-order valence-electron chi connectivity index (χ0n) is 20.9. The van der Waals surface area contributed by atoms with Crippen molar-refractivity contribution in [2.45, 2.75) is 52.5 Å². The third kappa shape index (κ3) is 5.68. The number of benzene rings is 1. The standard InChI is InChI=1S/C27H31N3O4S2/c1-16(2)30(26(32)19-7-5-17(3)6-8-19)22-13-23(36-24(22)27(33)34-4)18-9-11-20(12-10-18)29-25(31)21-14-35-15-28-21/h9-17,19H,5-8H2,1-4H3,(H,29,31)/t17-,19-. The Labute approximate surface area is 219 Å². The second kappa shape index (κ2) is 11.3. The average molecular weight is 526 g/mol. The topological polar surface area (TPSA) is 88.6 Å². The fourth-order valence-corrected chi connectivity index (χ4v) is 6.14. The highest BCUT2D eigenvalue weighted by Gasteiger charge is 2.33. The number of esters is 1. The lowest BCUT2D eigenvalue weighted by Crippen LogP contribution is -2.42. The number of nitrogens with zero attached hydrogens (tertiary/aromatic N) is 2. The van der Waals surface area contributed by atoms with Gasteiger partial charge in [-0.2, -0.15) is 0 Å². The molecule has 0 atom stereocenters. The van der Waals surface area contributed by atoms with Crippen LogP contribution in [0.25, 0.3) is 10.4 Å². The number of hydrogen-bond acceptors (Lipinski definition) is 7. The first kappa shape index (κ1) is 26.0. The molecule has 0 bridgehead atoms. The monoisotopic (exact) mass is 525 g/mol. The fraction of sp³-hybridized carbons (Fsp3) is 0.407. The lowest BCUT2D eigenvalue weighted by molar-refractivity contribution is -0.123. The molecule has 3 aromatic rings. The SMILES string of the molecule is COC(=O)c1sc(-c2ccc(NC(=O)c3cscn3)cc2)cc1N(C(=O)[C@H]1CC[C@H](C)CC1)C(C)C. The number of thiazole rings is 1. The molecule has 1 aliphatic carbocycles. The third-order valence-corrected chi connectivity index (χ3v) is 8.29. The number of hydrogen-bond donors (Lipinski definition) is 1. The zero-order chi connectivity index (χ0) is 25.8. The van der Waals surface area contributed by atoms with Crippen LogP contribution in [0.4, 0.5) is 11.4 Å². The number of rotatable bonds is 7. The molecule has 1 N–H and O–H groups in total. The van der Waals surface area contributed by atoms with Crippen LogP contribution in [0.1, 0.15) is 66.6 Å². The predicted molar refractivity (Wildman–Crippen MR) is 145 cm³/mol. The maximum absolute atomic E-state index is 13.6. The van der Waals surface area contributed by atoms with Gasteiger partial charge in [0.1, 0.15) is 10.6 Å². The Morgan fingerprint density at radius 3 is 2.39 bits per heavy atom. The maximum atomic E-state index is 13.6. The minimum atomic E-state index is -0.455. The first-order chi connectivity index (χ1) is 17.3. The van der Waals surface area contributed by atoms with E-state index in [1.165, 1.54) is 29.8 Å². The van der Waals surface area contributed by atoms with Gasteiger partial charge in [-0.15, -0.1) is 22.7 Å². The van der Waals surface area contributed by atoms with Crippen molar-refractivity contribution >= 4 is 51.8 Å². The minimum Gasteiger partial charge on any atom is -0.465 e.